The second-order valence-corrected chi connectivity index (χ2v) is 10.5. The Morgan fingerprint density at radius 1 is 0.455 bits per heavy atom. The first-order valence-corrected chi connectivity index (χ1v) is 14.7. The van der Waals surface area contributed by atoms with Crippen LogP contribution >= 0.6 is 0 Å². The van der Waals surface area contributed by atoms with Gasteiger partial charge in [-0.05, 0) is 32.1 Å². The van der Waals surface area contributed by atoms with Crippen LogP contribution in [-0.4, -0.2) is 24.1 Å². The van der Waals surface area contributed by atoms with Gasteiger partial charge in [-0.3, -0.25) is 0 Å². The van der Waals surface area contributed by atoms with Gasteiger partial charge in [0.15, 0.2) is 0 Å². The van der Waals surface area contributed by atoms with Crippen molar-refractivity contribution < 1.29 is 21.5 Å². The zero-order chi connectivity index (χ0) is 23.2. The minimum absolute atomic E-state index is 0. The van der Waals surface area contributed by atoms with Crippen LogP contribution in [0.5, 0.6) is 0 Å². The molecule has 0 saturated heterocycles. The molecule has 0 fully saturated rings. The number of nitrogens with zero attached hydrogens (tertiary/aromatic N) is 1. The Labute approximate surface area is 219 Å². The van der Waals surface area contributed by atoms with Crippen LogP contribution < -0.4 is 17.0 Å². The van der Waals surface area contributed by atoms with Crippen LogP contribution in [0.1, 0.15) is 142 Å². The molecular weight excluding hydrogens is 466 g/mol. The van der Waals surface area contributed by atoms with Crippen LogP contribution in [0.2, 0.25) is 0 Å². The summed E-state index contributed by atoms with van der Waals surface area (Å²) in [6.07, 6.45) is 25.6. The normalized spacial score (nSPS) is 12.9. The monoisotopic (exact) mass is 523 g/mol. The molecular formula is C31H58BrN. The molecule has 0 aliphatic heterocycles. The van der Waals surface area contributed by atoms with Crippen molar-refractivity contribution in [3.63, 3.8) is 0 Å². The zero-order valence-corrected chi connectivity index (χ0v) is 24.4. The molecule has 0 amide bonds. The van der Waals surface area contributed by atoms with E-state index in [0.717, 1.165) is 0 Å². The fourth-order valence-corrected chi connectivity index (χ4v) is 5.20. The third kappa shape index (κ3) is 17.7. The summed E-state index contributed by atoms with van der Waals surface area (Å²) in [6.45, 7) is 12.4. The van der Waals surface area contributed by atoms with E-state index in [1.165, 1.54) is 146 Å². The lowest BCUT2D eigenvalue weighted by molar-refractivity contribution is -0.941. The average Bonchev–Trinajstić information content (AvgIpc) is 2.82. The number of rotatable bonds is 23. The lowest BCUT2D eigenvalue weighted by Crippen LogP contribution is -3.00. The van der Waals surface area contributed by atoms with Gasteiger partial charge in [-0.1, -0.05) is 135 Å². The molecule has 0 aromatic heterocycles. The van der Waals surface area contributed by atoms with E-state index in [1.54, 1.807) is 5.56 Å². The summed E-state index contributed by atoms with van der Waals surface area (Å²) in [6, 6.07) is 11.3. The third-order valence-corrected chi connectivity index (χ3v) is 7.32. The van der Waals surface area contributed by atoms with Gasteiger partial charge in [-0.2, -0.15) is 0 Å². The first kappa shape index (κ1) is 32.7. The molecule has 33 heavy (non-hydrogen) atoms. The highest BCUT2D eigenvalue weighted by molar-refractivity contribution is 5.13. The van der Waals surface area contributed by atoms with E-state index >= 15 is 0 Å². The summed E-state index contributed by atoms with van der Waals surface area (Å²) in [5, 5.41) is 0. The molecule has 0 aliphatic rings. The maximum absolute atomic E-state index is 2.36. The topological polar surface area (TPSA) is 0 Å². The van der Waals surface area contributed by atoms with Gasteiger partial charge in [-0.15, -0.1) is 0 Å². The third-order valence-electron chi connectivity index (χ3n) is 7.32. The first-order valence-electron chi connectivity index (χ1n) is 14.7. The Morgan fingerprint density at radius 2 is 0.818 bits per heavy atom. The molecule has 1 aromatic rings. The van der Waals surface area contributed by atoms with E-state index in [2.05, 4.69) is 51.1 Å². The zero-order valence-electron chi connectivity index (χ0n) is 22.8. The Balaban J connectivity index is 0.0000102. The molecule has 0 radical (unpaired) electrons. The number of hydrogen-bond acceptors (Lipinski definition) is 0. The quantitative estimate of drug-likeness (QED) is 0.106. The van der Waals surface area contributed by atoms with Gasteiger partial charge in [-0.25, -0.2) is 0 Å². The minimum atomic E-state index is 0. The van der Waals surface area contributed by atoms with Gasteiger partial charge < -0.3 is 21.5 Å². The molecule has 0 spiro atoms. The van der Waals surface area contributed by atoms with Gasteiger partial charge in [0.05, 0.1) is 19.6 Å². The SMILES string of the molecule is CCCCCCCCCCCC[N+](CCCC)(CCCCCCCC)Cc1ccccc1.[Br-]. The van der Waals surface area contributed by atoms with Crippen molar-refractivity contribution in [2.75, 3.05) is 19.6 Å². The van der Waals surface area contributed by atoms with Gasteiger partial charge in [0, 0.05) is 5.56 Å². The molecule has 0 N–H and O–H groups in total. The summed E-state index contributed by atoms with van der Waals surface area (Å²) >= 11 is 0. The van der Waals surface area contributed by atoms with E-state index in [4.69, 9.17) is 0 Å². The van der Waals surface area contributed by atoms with Crippen molar-refractivity contribution in [2.24, 2.45) is 0 Å². The summed E-state index contributed by atoms with van der Waals surface area (Å²) in [5.74, 6) is 0. The summed E-state index contributed by atoms with van der Waals surface area (Å²) in [5.41, 5.74) is 1.54. The van der Waals surface area contributed by atoms with Crippen molar-refractivity contribution in [3.05, 3.63) is 35.9 Å². The van der Waals surface area contributed by atoms with E-state index in [1.807, 2.05) is 0 Å². The molecule has 1 atom stereocenters. The molecule has 0 heterocycles. The van der Waals surface area contributed by atoms with Crippen molar-refractivity contribution in [1.82, 2.24) is 0 Å². The summed E-state index contributed by atoms with van der Waals surface area (Å²) in [4.78, 5) is 0. The van der Waals surface area contributed by atoms with E-state index in [0.29, 0.717) is 0 Å². The Morgan fingerprint density at radius 3 is 1.24 bits per heavy atom. The Hall–Kier alpha value is -0.340. The summed E-state index contributed by atoms with van der Waals surface area (Å²) in [7, 11) is 0. The fraction of sp³-hybridized carbons (Fsp3) is 0.806. The molecule has 1 aromatic carbocycles. The predicted molar refractivity (Wildman–Crippen MR) is 145 cm³/mol. The average molecular weight is 525 g/mol. The van der Waals surface area contributed by atoms with Crippen molar-refractivity contribution in [3.8, 4) is 0 Å². The second-order valence-electron chi connectivity index (χ2n) is 10.5. The van der Waals surface area contributed by atoms with Crippen LogP contribution in [0.15, 0.2) is 30.3 Å². The minimum Gasteiger partial charge on any atom is -1.00 e. The van der Waals surface area contributed by atoms with Gasteiger partial charge in [0.1, 0.15) is 6.54 Å². The number of benzene rings is 1. The lowest BCUT2D eigenvalue weighted by Gasteiger charge is -2.39. The van der Waals surface area contributed by atoms with Gasteiger partial charge >= 0.3 is 0 Å². The standard InChI is InChI=1S/C31H58N.BrH/c1-4-7-10-12-14-15-16-17-19-24-29-32(27-9-6-3,28-23-18-13-11-8-5-2)30-31-25-21-20-22-26-31;/h20-22,25-26H,4-19,23-24,27-30H2,1-3H3;1H/q+1;/p-1. The Kier molecular flexibility index (Phi) is 23.2. The van der Waals surface area contributed by atoms with Crippen LogP contribution in [0.3, 0.4) is 0 Å². The second kappa shape index (κ2) is 23.4. The molecule has 1 unspecified atom stereocenters. The highest BCUT2D eigenvalue weighted by atomic mass is 79.9. The highest BCUT2D eigenvalue weighted by Gasteiger charge is 2.26. The van der Waals surface area contributed by atoms with Crippen LogP contribution in [0, 0.1) is 0 Å². The van der Waals surface area contributed by atoms with Crippen LogP contribution in [0.25, 0.3) is 0 Å². The number of unbranched alkanes of at least 4 members (excludes halogenated alkanes) is 15. The molecule has 0 bridgehead atoms. The van der Waals surface area contributed by atoms with E-state index < -0.39 is 0 Å². The Bertz CT molecular complexity index is 503. The summed E-state index contributed by atoms with van der Waals surface area (Å²) < 4.78 is 1.34. The molecule has 1 nitrogen and oxygen atoms in total. The highest BCUT2D eigenvalue weighted by Crippen LogP contribution is 2.22. The van der Waals surface area contributed by atoms with Crippen molar-refractivity contribution in [1.29, 1.82) is 0 Å². The maximum Gasteiger partial charge on any atom is 0.104 e. The van der Waals surface area contributed by atoms with Crippen LogP contribution in [-0.2, 0) is 6.54 Å². The smallest absolute Gasteiger partial charge is 0.104 e. The molecule has 0 aliphatic carbocycles. The fourth-order valence-electron chi connectivity index (χ4n) is 5.20. The van der Waals surface area contributed by atoms with Gasteiger partial charge in [0.2, 0.25) is 0 Å². The van der Waals surface area contributed by atoms with Crippen molar-refractivity contribution >= 4 is 0 Å². The van der Waals surface area contributed by atoms with E-state index in [9.17, 15) is 0 Å². The van der Waals surface area contributed by atoms with Crippen LogP contribution in [0.4, 0.5) is 0 Å². The molecule has 194 valence electrons. The van der Waals surface area contributed by atoms with Gasteiger partial charge in [0.25, 0.3) is 0 Å². The largest absolute Gasteiger partial charge is 1.00 e. The number of hydrogen-bond donors (Lipinski definition) is 0. The predicted octanol–water partition coefficient (Wildman–Crippen LogP) is 7.09. The molecule has 1 rings (SSSR count). The van der Waals surface area contributed by atoms with Crippen molar-refractivity contribution in [2.45, 2.75) is 143 Å². The van der Waals surface area contributed by atoms with E-state index in [-0.39, 0.29) is 17.0 Å². The number of quaternary nitrogens is 1. The molecule has 0 saturated carbocycles. The number of halogens is 1. The lowest BCUT2D eigenvalue weighted by atomic mass is 10.0. The maximum atomic E-state index is 2.36. The molecule has 2 heteroatoms. The first-order chi connectivity index (χ1) is 15.8.